The van der Waals surface area contributed by atoms with Gasteiger partial charge in [-0.3, -0.25) is 0 Å². The fraction of sp³-hybridized carbons (Fsp3) is 0.364. The zero-order valence-electron chi connectivity index (χ0n) is 10.0. The van der Waals surface area contributed by atoms with Crippen LogP contribution in [0.3, 0.4) is 0 Å². The second-order valence-electron chi connectivity index (χ2n) is 3.52. The fourth-order valence-corrected chi connectivity index (χ4v) is 3.08. The van der Waals surface area contributed by atoms with Gasteiger partial charge >= 0.3 is 0 Å². The number of carboxylic acid groups (broad SMARTS) is 1. The van der Waals surface area contributed by atoms with Gasteiger partial charge in [0.05, 0.1) is 5.97 Å². The van der Waals surface area contributed by atoms with Gasteiger partial charge in [0.25, 0.3) is 0 Å². The first-order valence-electron chi connectivity index (χ1n) is 5.35. The molecule has 0 amide bonds. The summed E-state index contributed by atoms with van der Waals surface area (Å²) in [6.45, 7) is 3.57. The van der Waals surface area contributed by atoms with E-state index in [0.717, 1.165) is 22.5 Å². The zero-order valence-corrected chi connectivity index (χ0v) is 10.8. The molecule has 0 radical (unpaired) electrons. The standard InChI is InChI=1S/C11H14FNO4S/c1-3-13(4-2)18(16,17)10-7-8(11(14)15)5-6-9(10)12/h5-7H,3-4H2,1-2H3,(H,14,15)/p-1. The number of benzene rings is 1. The molecule has 0 heterocycles. The summed E-state index contributed by atoms with van der Waals surface area (Å²) in [5.74, 6) is -2.53. The number of hydrogen-bond acceptors (Lipinski definition) is 4. The van der Waals surface area contributed by atoms with Crippen LogP contribution in [0.25, 0.3) is 0 Å². The first-order valence-corrected chi connectivity index (χ1v) is 6.79. The van der Waals surface area contributed by atoms with Gasteiger partial charge in [-0.1, -0.05) is 19.9 Å². The first kappa shape index (κ1) is 14.6. The van der Waals surface area contributed by atoms with Crippen molar-refractivity contribution >= 4 is 16.0 Å². The molecule has 0 aliphatic carbocycles. The van der Waals surface area contributed by atoms with E-state index in [0.29, 0.717) is 0 Å². The predicted octanol–water partition coefficient (Wildman–Crippen LogP) is 0.220. The molecule has 1 aromatic rings. The monoisotopic (exact) mass is 274 g/mol. The number of halogens is 1. The lowest BCUT2D eigenvalue weighted by atomic mass is 10.2. The average Bonchev–Trinajstić information content (AvgIpc) is 2.30. The van der Waals surface area contributed by atoms with Gasteiger partial charge in [-0.25, -0.2) is 12.8 Å². The van der Waals surface area contributed by atoms with Gasteiger partial charge < -0.3 is 9.90 Å². The molecule has 1 rings (SSSR count). The van der Waals surface area contributed by atoms with Gasteiger partial charge in [-0.2, -0.15) is 4.31 Å². The van der Waals surface area contributed by atoms with Crippen LogP contribution in [0.5, 0.6) is 0 Å². The molecular weight excluding hydrogens is 261 g/mol. The highest BCUT2D eigenvalue weighted by Crippen LogP contribution is 2.20. The Morgan fingerprint density at radius 3 is 2.33 bits per heavy atom. The Morgan fingerprint density at radius 1 is 1.33 bits per heavy atom. The Bertz CT molecular complexity index is 552. The van der Waals surface area contributed by atoms with E-state index in [-0.39, 0.29) is 18.7 Å². The molecule has 100 valence electrons. The van der Waals surface area contributed by atoms with Crippen molar-refractivity contribution < 1.29 is 22.7 Å². The SMILES string of the molecule is CCN(CC)S(=O)(=O)c1cc(C(=O)[O-])ccc1F. The minimum absolute atomic E-state index is 0.174. The summed E-state index contributed by atoms with van der Waals surface area (Å²) in [5.41, 5.74) is -0.373. The van der Waals surface area contributed by atoms with E-state index in [1.54, 1.807) is 13.8 Å². The normalized spacial score (nSPS) is 11.8. The van der Waals surface area contributed by atoms with Crippen LogP contribution in [0.15, 0.2) is 23.1 Å². The molecule has 7 heteroatoms. The highest BCUT2D eigenvalue weighted by molar-refractivity contribution is 7.89. The van der Waals surface area contributed by atoms with Crippen LogP contribution in [0.1, 0.15) is 24.2 Å². The first-order chi connectivity index (χ1) is 8.34. The third kappa shape index (κ3) is 2.68. The molecule has 0 unspecified atom stereocenters. The van der Waals surface area contributed by atoms with Gasteiger partial charge in [0.1, 0.15) is 10.7 Å². The summed E-state index contributed by atoms with van der Waals surface area (Å²) in [5, 5.41) is 10.7. The van der Waals surface area contributed by atoms with Crippen molar-refractivity contribution in [2.45, 2.75) is 18.7 Å². The van der Waals surface area contributed by atoms with Crippen molar-refractivity contribution in [3.05, 3.63) is 29.6 Å². The summed E-state index contributed by atoms with van der Waals surface area (Å²) in [7, 11) is -4.02. The molecule has 0 spiro atoms. The number of sulfonamides is 1. The van der Waals surface area contributed by atoms with E-state index in [1.807, 2.05) is 0 Å². The van der Waals surface area contributed by atoms with Crippen LogP contribution >= 0.6 is 0 Å². The molecular formula is C11H13FNO4S-. The van der Waals surface area contributed by atoms with Crippen LogP contribution in [0.4, 0.5) is 4.39 Å². The van der Waals surface area contributed by atoms with Crippen LogP contribution in [0, 0.1) is 5.82 Å². The van der Waals surface area contributed by atoms with Gasteiger partial charge in [-0.15, -0.1) is 0 Å². The summed E-state index contributed by atoms with van der Waals surface area (Å²) < 4.78 is 38.7. The Kier molecular flexibility index (Phi) is 4.42. The number of carbonyl (C=O) groups excluding carboxylic acids is 1. The lowest BCUT2D eigenvalue weighted by Crippen LogP contribution is -2.31. The largest absolute Gasteiger partial charge is 0.545 e. The summed E-state index contributed by atoms with van der Waals surface area (Å²) in [6.07, 6.45) is 0. The molecule has 5 nitrogen and oxygen atoms in total. The van der Waals surface area contributed by atoms with E-state index in [4.69, 9.17) is 0 Å². The van der Waals surface area contributed by atoms with Crippen molar-refractivity contribution in [3.63, 3.8) is 0 Å². The predicted molar refractivity (Wildman–Crippen MR) is 60.8 cm³/mol. The molecule has 1 aromatic carbocycles. The van der Waals surface area contributed by atoms with Gasteiger partial charge in [0, 0.05) is 13.1 Å². The third-order valence-electron chi connectivity index (χ3n) is 2.49. The lowest BCUT2D eigenvalue weighted by Gasteiger charge is -2.19. The lowest BCUT2D eigenvalue weighted by molar-refractivity contribution is -0.255. The maximum absolute atomic E-state index is 13.5. The van der Waals surface area contributed by atoms with Crippen molar-refractivity contribution in [1.29, 1.82) is 0 Å². The number of carboxylic acids is 1. The summed E-state index contributed by atoms with van der Waals surface area (Å²) in [6, 6.07) is 2.55. The Labute approximate surface area is 105 Å². The van der Waals surface area contributed by atoms with E-state index in [9.17, 15) is 22.7 Å². The highest BCUT2D eigenvalue weighted by atomic mass is 32.2. The minimum atomic E-state index is -4.02. The molecule has 0 fully saturated rings. The van der Waals surface area contributed by atoms with Crippen LogP contribution in [-0.2, 0) is 10.0 Å². The molecule has 0 bridgehead atoms. The molecule has 0 aromatic heterocycles. The number of aromatic carboxylic acids is 1. The van der Waals surface area contributed by atoms with E-state index < -0.39 is 26.7 Å². The van der Waals surface area contributed by atoms with Crippen molar-refractivity contribution in [2.75, 3.05) is 13.1 Å². The summed E-state index contributed by atoms with van der Waals surface area (Å²) >= 11 is 0. The van der Waals surface area contributed by atoms with E-state index in [2.05, 4.69) is 0 Å². The van der Waals surface area contributed by atoms with Crippen molar-refractivity contribution in [1.82, 2.24) is 4.31 Å². The molecule has 0 N–H and O–H groups in total. The van der Waals surface area contributed by atoms with Gasteiger partial charge in [0.2, 0.25) is 10.0 Å². The summed E-state index contributed by atoms with van der Waals surface area (Å²) in [4.78, 5) is 10.0. The minimum Gasteiger partial charge on any atom is -0.545 e. The smallest absolute Gasteiger partial charge is 0.245 e. The highest BCUT2D eigenvalue weighted by Gasteiger charge is 2.25. The van der Waals surface area contributed by atoms with Crippen LogP contribution in [-0.4, -0.2) is 31.8 Å². The van der Waals surface area contributed by atoms with Crippen LogP contribution in [0.2, 0.25) is 0 Å². The van der Waals surface area contributed by atoms with E-state index >= 15 is 0 Å². The zero-order chi connectivity index (χ0) is 13.9. The van der Waals surface area contributed by atoms with Crippen LogP contribution < -0.4 is 5.11 Å². The molecule has 0 aliphatic heterocycles. The maximum atomic E-state index is 13.5. The molecule has 0 saturated carbocycles. The topological polar surface area (TPSA) is 77.5 Å². The molecule has 18 heavy (non-hydrogen) atoms. The number of rotatable bonds is 5. The fourth-order valence-electron chi connectivity index (χ4n) is 1.53. The quantitative estimate of drug-likeness (QED) is 0.769. The Hall–Kier alpha value is -1.47. The number of nitrogens with zero attached hydrogens (tertiary/aromatic N) is 1. The molecule has 0 atom stereocenters. The maximum Gasteiger partial charge on any atom is 0.245 e. The van der Waals surface area contributed by atoms with Gasteiger partial charge in [-0.05, 0) is 17.7 Å². The molecule has 0 aliphatic rings. The average molecular weight is 274 g/mol. The van der Waals surface area contributed by atoms with Gasteiger partial charge in [0.15, 0.2) is 0 Å². The Balaban J connectivity index is 3.40. The third-order valence-corrected chi connectivity index (χ3v) is 4.56. The van der Waals surface area contributed by atoms with Crippen molar-refractivity contribution in [3.8, 4) is 0 Å². The second kappa shape index (κ2) is 5.45. The number of carbonyl (C=O) groups is 1. The number of hydrogen-bond donors (Lipinski definition) is 0. The molecule has 0 saturated heterocycles. The second-order valence-corrected chi connectivity index (χ2v) is 5.43. The Morgan fingerprint density at radius 2 is 1.89 bits per heavy atom. The van der Waals surface area contributed by atoms with Crippen molar-refractivity contribution in [2.24, 2.45) is 0 Å². The van der Waals surface area contributed by atoms with E-state index in [1.165, 1.54) is 0 Å².